The Labute approximate surface area is 151 Å². The molecule has 0 atom stereocenters. The van der Waals surface area contributed by atoms with Gasteiger partial charge in [0.05, 0.1) is 17.8 Å². The molecule has 0 saturated carbocycles. The smallest absolute Gasteiger partial charge is 0.259 e. The van der Waals surface area contributed by atoms with Crippen LogP contribution in [-0.4, -0.2) is 18.1 Å². The second-order valence-electron chi connectivity index (χ2n) is 5.96. The van der Waals surface area contributed by atoms with Crippen molar-refractivity contribution >= 4 is 27.5 Å². The minimum Gasteiger partial charge on any atom is -0.491 e. The zero-order valence-electron chi connectivity index (χ0n) is 14.3. The van der Waals surface area contributed by atoms with Gasteiger partial charge < -0.3 is 14.8 Å². The zero-order valence-corrected chi connectivity index (χ0v) is 15.9. The van der Waals surface area contributed by atoms with Crippen molar-refractivity contribution in [2.24, 2.45) is 0 Å². The third-order valence-electron chi connectivity index (χ3n) is 3.01. The van der Waals surface area contributed by atoms with Gasteiger partial charge in [0.2, 0.25) is 0 Å². The van der Waals surface area contributed by atoms with Gasteiger partial charge in [0, 0.05) is 16.2 Å². The Morgan fingerprint density at radius 3 is 2.38 bits per heavy atom. The molecule has 0 saturated heterocycles. The normalized spacial score (nSPS) is 10.8. The molecule has 2 aromatic carbocycles. The van der Waals surface area contributed by atoms with Gasteiger partial charge in [0.15, 0.2) is 0 Å². The molecule has 2 aromatic rings. The molecule has 128 valence electrons. The Balaban J connectivity index is 2.22. The first-order valence-corrected chi connectivity index (χ1v) is 8.68. The van der Waals surface area contributed by atoms with Crippen molar-refractivity contribution in [3.05, 3.63) is 52.5 Å². The molecule has 0 bridgehead atoms. The maximum absolute atomic E-state index is 12.6. The number of carbonyl (C=O) groups is 1. The van der Waals surface area contributed by atoms with Crippen LogP contribution in [0.5, 0.6) is 11.5 Å². The van der Waals surface area contributed by atoms with Gasteiger partial charge in [0.25, 0.3) is 5.91 Å². The van der Waals surface area contributed by atoms with Gasteiger partial charge in [0.1, 0.15) is 11.5 Å². The number of nitrogens with one attached hydrogen (secondary N) is 1. The summed E-state index contributed by atoms with van der Waals surface area (Å²) in [5.74, 6) is 1.05. The van der Waals surface area contributed by atoms with Gasteiger partial charge >= 0.3 is 0 Å². The first-order chi connectivity index (χ1) is 11.3. The van der Waals surface area contributed by atoms with Crippen molar-refractivity contribution in [3.8, 4) is 11.5 Å². The summed E-state index contributed by atoms with van der Waals surface area (Å²) in [5, 5.41) is 2.89. The second kappa shape index (κ2) is 8.20. The summed E-state index contributed by atoms with van der Waals surface area (Å²) in [5.41, 5.74) is 1.15. The third-order valence-corrected chi connectivity index (χ3v) is 3.51. The minimum absolute atomic E-state index is 0.0134. The molecule has 4 nitrogen and oxygen atoms in total. The van der Waals surface area contributed by atoms with E-state index in [4.69, 9.17) is 9.47 Å². The van der Waals surface area contributed by atoms with Crippen molar-refractivity contribution < 1.29 is 14.3 Å². The van der Waals surface area contributed by atoms with E-state index >= 15 is 0 Å². The van der Waals surface area contributed by atoms with E-state index in [2.05, 4.69) is 21.2 Å². The Morgan fingerprint density at radius 2 is 1.71 bits per heavy atom. The fourth-order valence-electron chi connectivity index (χ4n) is 2.15. The number of benzene rings is 2. The van der Waals surface area contributed by atoms with Gasteiger partial charge in [-0.05, 0) is 58.0 Å². The number of carbonyl (C=O) groups excluding carboxylic acids is 1. The molecule has 0 spiro atoms. The molecule has 0 aliphatic carbocycles. The van der Waals surface area contributed by atoms with Crippen molar-refractivity contribution in [2.75, 3.05) is 5.32 Å². The number of rotatable bonds is 6. The highest BCUT2D eigenvalue weighted by molar-refractivity contribution is 9.10. The fourth-order valence-corrected chi connectivity index (χ4v) is 2.52. The van der Waals surface area contributed by atoms with Gasteiger partial charge in [-0.1, -0.05) is 22.0 Å². The molecular formula is C19H22BrNO3. The number of hydrogen-bond acceptors (Lipinski definition) is 3. The molecule has 0 heterocycles. The van der Waals surface area contributed by atoms with E-state index in [1.807, 2.05) is 52.0 Å². The molecule has 1 amide bonds. The largest absolute Gasteiger partial charge is 0.491 e. The molecule has 0 aromatic heterocycles. The summed E-state index contributed by atoms with van der Waals surface area (Å²) in [6.45, 7) is 7.78. The summed E-state index contributed by atoms with van der Waals surface area (Å²) in [6, 6.07) is 12.7. The highest BCUT2D eigenvalue weighted by atomic mass is 79.9. The summed E-state index contributed by atoms with van der Waals surface area (Å²) in [7, 11) is 0. The fraction of sp³-hybridized carbons (Fsp3) is 0.316. The van der Waals surface area contributed by atoms with Crippen LogP contribution in [-0.2, 0) is 0 Å². The maximum Gasteiger partial charge on any atom is 0.259 e. The number of hydrogen-bond donors (Lipinski definition) is 1. The van der Waals surface area contributed by atoms with Crippen molar-refractivity contribution in [1.29, 1.82) is 0 Å². The van der Waals surface area contributed by atoms with E-state index in [9.17, 15) is 4.79 Å². The average Bonchev–Trinajstić information content (AvgIpc) is 2.48. The SMILES string of the molecule is CC(C)Oc1cccc(NC(=O)c2cc(Br)ccc2OC(C)C)c1. The van der Waals surface area contributed by atoms with E-state index in [0.717, 1.165) is 10.2 Å². The monoisotopic (exact) mass is 391 g/mol. The van der Waals surface area contributed by atoms with Gasteiger partial charge in [-0.2, -0.15) is 0 Å². The lowest BCUT2D eigenvalue weighted by atomic mass is 10.1. The van der Waals surface area contributed by atoms with Crippen LogP contribution in [0, 0.1) is 0 Å². The second-order valence-corrected chi connectivity index (χ2v) is 6.87. The van der Waals surface area contributed by atoms with Crippen molar-refractivity contribution in [3.63, 3.8) is 0 Å². The van der Waals surface area contributed by atoms with Crippen LogP contribution in [0.15, 0.2) is 46.9 Å². The molecule has 0 aliphatic heterocycles. The third kappa shape index (κ3) is 5.27. The number of amides is 1. The molecule has 1 N–H and O–H groups in total. The van der Waals surface area contributed by atoms with Crippen LogP contribution in [0.2, 0.25) is 0 Å². The standard InChI is InChI=1S/C19H22BrNO3/c1-12(2)23-16-7-5-6-15(11-16)21-19(22)17-10-14(20)8-9-18(17)24-13(3)4/h5-13H,1-4H3,(H,21,22). The first-order valence-electron chi connectivity index (χ1n) is 7.89. The highest BCUT2D eigenvalue weighted by Gasteiger charge is 2.15. The molecule has 0 radical (unpaired) electrons. The lowest BCUT2D eigenvalue weighted by Gasteiger charge is -2.15. The predicted molar refractivity (Wildman–Crippen MR) is 100 cm³/mol. The van der Waals surface area contributed by atoms with Gasteiger partial charge in [-0.3, -0.25) is 4.79 Å². The topological polar surface area (TPSA) is 47.6 Å². The summed E-state index contributed by atoms with van der Waals surface area (Å²) in [6.07, 6.45) is 0.0626. The van der Waals surface area contributed by atoms with Crippen LogP contribution in [0.3, 0.4) is 0 Å². The van der Waals surface area contributed by atoms with E-state index in [-0.39, 0.29) is 18.1 Å². The number of halogens is 1. The molecule has 2 rings (SSSR count). The van der Waals surface area contributed by atoms with Crippen LogP contribution in [0.1, 0.15) is 38.1 Å². The minimum atomic E-state index is -0.228. The lowest BCUT2D eigenvalue weighted by molar-refractivity contribution is 0.102. The van der Waals surface area contributed by atoms with Crippen molar-refractivity contribution in [2.45, 2.75) is 39.9 Å². The summed E-state index contributed by atoms with van der Waals surface area (Å²) in [4.78, 5) is 12.6. The number of ether oxygens (including phenoxy) is 2. The van der Waals surface area contributed by atoms with Gasteiger partial charge in [-0.25, -0.2) is 0 Å². The molecular weight excluding hydrogens is 370 g/mol. The predicted octanol–water partition coefficient (Wildman–Crippen LogP) is 5.28. The van der Waals surface area contributed by atoms with Crippen LogP contribution >= 0.6 is 15.9 Å². The summed E-state index contributed by atoms with van der Waals surface area (Å²) >= 11 is 3.40. The Hall–Kier alpha value is -2.01. The highest BCUT2D eigenvalue weighted by Crippen LogP contribution is 2.26. The van der Waals surface area contributed by atoms with E-state index in [0.29, 0.717) is 17.0 Å². The van der Waals surface area contributed by atoms with Crippen LogP contribution < -0.4 is 14.8 Å². The molecule has 0 unspecified atom stereocenters. The lowest BCUT2D eigenvalue weighted by Crippen LogP contribution is -2.16. The molecule has 24 heavy (non-hydrogen) atoms. The van der Waals surface area contributed by atoms with Crippen LogP contribution in [0.25, 0.3) is 0 Å². The summed E-state index contributed by atoms with van der Waals surface area (Å²) < 4.78 is 12.2. The van der Waals surface area contributed by atoms with Crippen molar-refractivity contribution in [1.82, 2.24) is 0 Å². The Morgan fingerprint density at radius 1 is 1.00 bits per heavy atom. The Kier molecular flexibility index (Phi) is 6.26. The Bertz CT molecular complexity index is 714. The van der Waals surface area contributed by atoms with E-state index < -0.39 is 0 Å². The first kappa shape index (κ1) is 18.3. The molecule has 0 fully saturated rings. The molecule has 0 aliphatic rings. The maximum atomic E-state index is 12.6. The van der Waals surface area contributed by atoms with E-state index in [1.165, 1.54) is 0 Å². The van der Waals surface area contributed by atoms with Gasteiger partial charge in [-0.15, -0.1) is 0 Å². The van der Waals surface area contributed by atoms with E-state index in [1.54, 1.807) is 18.2 Å². The molecule has 5 heteroatoms. The average molecular weight is 392 g/mol. The van der Waals surface area contributed by atoms with Crippen LogP contribution in [0.4, 0.5) is 5.69 Å². The number of anilines is 1. The zero-order chi connectivity index (χ0) is 17.7. The quantitative estimate of drug-likeness (QED) is 0.728.